The lowest BCUT2D eigenvalue weighted by molar-refractivity contribution is 1.03. The number of aromatic amines is 1. The predicted molar refractivity (Wildman–Crippen MR) is 70.0 cm³/mol. The minimum absolute atomic E-state index is 0.0107. The summed E-state index contributed by atoms with van der Waals surface area (Å²) in [6, 6.07) is 8.02. The number of nitrogens with one attached hydrogen (secondary N) is 1. The van der Waals surface area contributed by atoms with Gasteiger partial charge in [0.25, 0.3) is 5.56 Å². The first-order chi connectivity index (χ1) is 8.24. The van der Waals surface area contributed by atoms with E-state index in [0.717, 1.165) is 28.3 Å². The van der Waals surface area contributed by atoms with Gasteiger partial charge < -0.3 is 4.98 Å². The van der Waals surface area contributed by atoms with E-state index in [4.69, 9.17) is 0 Å². The highest BCUT2D eigenvalue weighted by atomic mass is 32.2. The summed E-state index contributed by atoms with van der Waals surface area (Å²) in [7, 11) is 0. The Kier molecular flexibility index (Phi) is 2.52. The summed E-state index contributed by atoms with van der Waals surface area (Å²) in [5, 5.41) is 0. The summed E-state index contributed by atoms with van der Waals surface area (Å²) in [6.45, 7) is 2.03. The largest absolute Gasteiger partial charge is 0.306 e. The van der Waals surface area contributed by atoms with E-state index >= 15 is 0 Å². The lowest BCUT2D eigenvalue weighted by atomic mass is 10.1. The minimum atomic E-state index is 0.0107. The highest BCUT2D eigenvalue weighted by Gasteiger charge is 2.17. The molecular formula is C13H12N2OS. The molecule has 0 radical (unpaired) electrons. The molecule has 1 aromatic carbocycles. The Hall–Kier alpha value is -1.55. The molecule has 0 saturated heterocycles. The van der Waals surface area contributed by atoms with Crippen LogP contribution in [0.2, 0.25) is 0 Å². The molecule has 1 aliphatic heterocycles. The average Bonchev–Trinajstić information content (AvgIpc) is 2.77. The molecule has 1 aliphatic rings. The Labute approximate surface area is 103 Å². The number of benzene rings is 1. The van der Waals surface area contributed by atoms with Gasteiger partial charge in [-0.25, -0.2) is 4.98 Å². The first-order valence-corrected chi connectivity index (χ1v) is 6.66. The third kappa shape index (κ3) is 1.89. The Morgan fingerprint density at radius 1 is 1.35 bits per heavy atom. The third-order valence-corrected chi connectivity index (χ3v) is 3.85. The van der Waals surface area contributed by atoms with E-state index in [1.807, 2.05) is 31.2 Å². The zero-order valence-electron chi connectivity index (χ0n) is 9.49. The molecule has 2 aromatic rings. The zero-order valence-corrected chi connectivity index (χ0v) is 10.3. The van der Waals surface area contributed by atoms with Gasteiger partial charge in [0.2, 0.25) is 0 Å². The molecule has 0 aliphatic carbocycles. The van der Waals surface area contributed by atoms with Crippen molar-refractivity contribution < 1.29 is 0 Å². The van der Waals surface area contributed by atoms with Gasteiger partial charge in [0.05, 0.1) is 5.69 Å². The molecule has 0 saturated carbocycles. The molecule has 86 valence electrons. The number of aromatic nitrogens is 2. The molecule has 17 heavy (non-hydrogen) atoms. The fraction of sp³-hybridized carbons (Fsp3) is 0.231. The van der Waals surface area contributed by atoms with Crippen LogP contribution in [-0.2, 0) is 11.5 Å². The van der Waals surface area contributed by atoms with Crippen molar-refractivity contribution in [3.63, 3.8) is 0 Å². The van der Waals surface area contributed by atoms with Crippen LogP contribution in [0.15, 0.2) is 29.1 Å². The van der Waals surface area contributed by atoms with Crippen LogP contribution in [0, 0.1) is 6.92 Å². The van der Waals surface area contributed by atoms with Crippen molar-refractivity contribution in [2.45, 2.75) is 18.4 Å². The molecule has 4 heteroatoms. The number of thioether (sulfide) groups is 1. The predicted octanol–water partition coefficient (Wildman–Crippen LogP) is 2.49. The molecule has 0 spiro atoms. The molecule has 1 aromatic heterocycles. The van der Waals surface area contributed by atoms with Crippen molar-refractivity contribution in [3.8, 4) is 11.4 Å². The van der Waals surface area contributed by atoms with Gasteiger partial charge in [0, 0.05) is 22.6 Å². The molecule has 0 atom stereocenters. The van der Waals surface area contributed by atoms with Crippen LogP contribution >= 0.6 is 11.8 Å². The number of hydrogen-bond acceptors (Lipinski definition) is 3. The first-order valence-electron chi connectivity index (χ1n) is 5.51. The molecule has 2 heterocycles. The topological polar surface area (TPSA) is 45.8 Å². The van der Waals surface area contributed by atoms with E-state index in [0.29, 0.717) is 5.82 Å². The number of hydrogen-bond donors (Lipinski definition) is 1. The van der Waals surface area contributed by atoms with E-state index < -0.39 is 0 Å². The first kappa shape index (κ1) is 10.6. The smallest absolute Gasteiger partial charge is 0.255 e. The van der Waals surface area contributed by atoms with E-state index in [1.54, 1.807) is 11.8 Å². The maximum absolute atomic E-state index is 11.9. The van der Waals surface area contributed by atoms with Gasteiger partial charge >= 0.3 is 0 Å². The van der Waals surface area contributed by atoms with Crippen LogP contribution < -0.4 is 5.56 Å². The fourth-order valence-corrected chi connectivity index (χ4v) is 3.03. The number of H-pyrrole nitrogens is 1. The minimum Gasteiger partial charge on any atom is -0.306 e. The van der Waals surface area contributed by atoms with Crippen LogP contribution in [0.5, 0.6) is 0 Å². The van der Waals surface area contributed by atoms with Crippen LogP contribution in [0.1, 0.15) is 16.8 Å². The van der Waals surface area contributed by atoms with Crippen molar-refractivity contribution in [2.24, 2.45) is 0 Å². The molecule has 3 rings (SSSR count). The Morgan fingerprint density at radius 3 is 3.06 bits per heavy atom. The Bertz CT molecular complexity index is 634. The second-order valence-corrected chi connectivity index (χ2v) is 5.19. The average molecular weight is 244 g/mol. The zero-order chi connectivity index (χ0) is 11.8. The van der Waals surface area contributed by atoms with Gasteiger partial charge in [-0.2, -0.15) is 11.8 Å². The van der Waals surface area contributed by atoms with Crippen LogP contribution in [0.3, 0.4) is 0 Å². The Balaban J connectivity index is 2.16. The normalized spacial score (nSPS) is 13.7. The maximum atomic E-state index is 11.9. The summed E-state index contributed by atoms with van der Waals surface area (Å²) < 4.78 is 0. The van der Waals surface area contributed by atoms with Gasteiger partial charge in [0.1, 0.15) is 5.82 Å². The monoisotopic (exact) mass is 244 g/mol. The maximum Gasteiger partial charge on any atom is 0.255 e. The highest BCUT2D eigenvalue weighted by molar-refractivity contribution is 7.98. The summed E-state index contributed by atoms with van der Waals surface area (Å²) in [5.41, 5.74) is 3.93. The van der Waals surface area contributed by atoms with E-state index in [1.165, 1.54) is 5.56 Å². The van der Waals surface area contributed by atoms with Gasteiger partial charge in [-0.05, 0) is 13.0 Å². The number of rotatable bonds is 1. The van der Waals surface area contributed by atoms with E-state index in [2.05, 4.69) is 9.97 Å². The number of nitrogens with zero attached hydrogens (tertiary/aromatic N) is 1. The molecule has 0 amide bonds. The van der Waals surface area contributed by atoms with Crippen LogP contribution in [-0.4, -0.2) is 9.97 Å². The summed E-state index contributed by atoms with van der Waals surface area (Å²) in [5.74, 6) is 2.31. The highest BCUT2D eigenvalue weighted by Crippen LogP contribution is 2.27. The quantitative estimate of drug-likeness (QED) is 0.838. The van der Waals surface area contributed by atoms with Crippen LogP contribution in [0.25, 0.3) is 11.4 Å². The van der Waals surface area contributed by atoms with Crippen molar-refractivity contribution in [1.29, 1.82) is 0 Å². The van der Waals surface area contributed by atoms with Crippen LogP contribution in [0.4, 0.5) is 0 Å². The summed E-state index contributed by atoms with van der Waals surface area (Å²) in [4.78, 5) is 19.3. The standard InChI is InChI=1S/C13H12N2OS/c1-8-3-2-4-9(5-8)12-14-11-7-17-6-10(11)13(16)15-12/h2-5H,6-7H2,1H3,(H,14,15,16). The second kappa shape index (κ2) is 4.04. The van der Waals surface area contributed by atoms with Gasteiger partial charge in [0.15, 0.2) is 0 Å². The number of fused-ring (bicyclic) bond motifs is 1. The molecule has 1 N–H and O–H groups in total. The summed E-state index contributed by atoms with van der Waals surface area (Å²) in [6.07, 6.45) is 0. The van der Waals surface area contributed by atoms with Gasteiger partial charge in [-0.3, -0.25) is 4.79 Å². The molecule has 0 bridgehead atoms. The number of aryl methyl sites for hydroxylation is 1. The second-order valence-electron chi connectivity index (χ2n) is 4.20. The van der Waals surface area contributed by atoms with E-state index in [9.17, 15) is 4.79 Å². The fourth-order valence-electron chi connectivity index (χ4n) is 1.99. The van der Waals surface area contributed by atoms with Crippen molar-refractivity contribution in [1.82, 2.24) is 9.97 Å². The van der Waals surface area contributed by atoms with Crippen molar-refractivity contribution in [3.05, 3.63) is 51.4 Å². The third-order valence-electron chi connectivity index (χ3n) is 2.88. The molecule has 3 nitrogen and oxygen atoms in total. The van der Waals surface area contributed by atoms with Gasteiger partial charge in [-0.15, -0.1) is 0 Å². The molecular weight excluding hydrogens is 232 g/mol. The van der Waals surface area contributed by atoms with Gasteiger partial charge in [-0.1, -0.05) is 23.8 Å². The Morgan fingerprint density at radius 2 is 2.24 bits per heavy atom. The van der Waals surface area contributed by atoms with Crippen molar-refractivity contribution in [2.75, 3.05) is 0 Å². The molecule has 0 fully saturated rings. The van der Waals surface area contributed by atoms with E-state index in [-0.39, 0.29) is 5.56 Å². The summed E-state index contributed by atoms with van der Waals surface area (Å²) >= 11 is 1.74. The molecule has 0 unspecified atom stereocenters. The lowest BCUT2D eigenvalue weighted by Gasteiger charge is -2.04. The SMILES string of the molecule is Cc1cccc(-c2nc3c(c(=O)[nH]2)CSC3)c1. The van der Waals surface area contributed by atoms with Crippen molar-refractivity contribution >= 4 is 11.8 Å². The lowest BCUT2D eigenvalue weighted by Crippen LogP contribution is -2.15.